The molecule has 5 aliphatic rings. The summed E-state index contributed by atoms with van der Waals surface area (Å²) >= 11 is 0. The van der Waals surface area contributed by atoms with E-state index in [2.05, 4.69) is 7.05 Å². The van der Waals surface area contributed by atoms with E-state index in [1.807, 2.05) is 6.07 Å². The summed E-state index contributed by atoms with van der Waals surface area (Å²) < 4.78 is 7.33. The molecule has 3 aliphatic carbocycles. The van der Waals surface area contributed by atoms with Gasteiger partial charge < -0.3 is 33.8 Å². The van der Waals surface area contributed by atoms with Gasteiger partial charge in [-0.3, -0.25) is 4.79 Å². The average Bonchev–Trinajstić information content (AvgIpc) is 3.44. The highest BCUT2D eigenvalue weighted by atomic mass is 16.5. The Morgan fingerprint density at radius 2 is 1.97 bits per heavy atom. The molecule has 6 rings (SSSR count). The largest absolute Gasteiger partial charge is 0.870 e. The van der Waals surface area contributed by atoms with E-state index in [0.717, 1.165) is 47.5 Å². The number of piperidine rings is 1. The number of nitrogens with zero attached hydrogens (tertiary/aromatic N) is 2. The fourth-order valence-corrected chi connectivity index (χ4v) is 7.32. The lowest BCUT2D eigenvalue weighted by Crippen LogP contribution is -2.80. The second kappa shape index (κ2) is 7.42. The number of aliphatic hydroxyl groups is 1. The molecular weight excluding hydrogens is 436 g/mol. The Bertz CT molecular complexity index is 1050. The van der Waals surface area contributed by atoms with Crippen LogP contribution in [0.25, 0.3) is 0 Å². The van der Waals surface area contributed by atoms with Crippen molar-refractivity contribution in [1.82, 2.24) is 0 Å². The molecule has 3 fully saturated rings. The molecule has 8 nitrogen and oxygen atoms in total. The van der Waals surface area contributed by atoms with Gasteiger partial charge in [0.1, 0.15) is 23.9 Å². The number of ketones is 1. The van der Waals surface area contributed by atoms with Crippen molar-refractivity contribution in [1.29, 1.82) is 0 Å². The van der Waals surface area contributed by atoms with Crippen molar-refractivity contribution in [3.63, 3.8) is 0 Å². The van der Waals surface area contributed by atoms with Crippen LogP contribution in [0.5, 0.6) is 11.5 Å². The van der Waals surface area contributed by atoms with Crippen LogP contribution in [0, 0.1) is 5.92 Å². The summed E-state index contributed by atoms with van der Waals surface area (Å²) in [6.07, 6.45) is 4.26. The van der Waals surface area contributed by atoms with Gasteiger partial charge in [-0.2, -0.15) is 0 Å². The summed E-state index contributed by atoms with van der Waals surface area (Å²) in [4.78, 5) is 22.7. The van der Waals surface area contributed by atoms with E-state index < -0.39 is 23.1 Å². The predicted molar refractivity (Wildman–Crippen MR) is 120 cm³/mol. The number of hydrogen-bond acceptors (Lipinski definition) is 6. The molecule has 186 valence electrons. The molecule has 34 heavy (non-hydrogen) atoms. The lowest BCUT2D eigenvalue weighted by atomic mass is 9.48. The molecular formula is C26H36N2O6. The molecule has 1 aromatic rings. The van der Waals surface area contributed by atoms with Crippen LogP contribution < -0.4 is 14.9 Å². The zero-order valence-corrected chi connectivity index (χ0v) is 20.6. The molecule has 1 aromatic carbocycles. The first-order valence-electron chi connectivity index (χ1n) is 12.4. The molecule has 0 aromatic heterocycles. The Balaban J connectivity index is 0.000000262. The number of hydrogen-bond donors (Lipinski definition) is 1. The van der Waals surface area contributed by atoms with E-state index in [4.69, 9.17) is 4.74 Å². The third-order valence-corrected chi connectivity index (χ3v) is 8.86. The van der Waals surface area contributed by atoms with Gasteiger partial charge in [0.15, 0.2) is 11.9 Å². The van der Waals surface area contributed by atoms with Crippen molar-refractivity contribution in [3.05, 3.63) is 23.3 Å². The van der Waals surface area contributed by atoms with Crippen LogP contribution in [0.1, 0.15) is 43.2 Å². The van der Waals surface area contributed by atoms with Crippen LogP contribution in [-0.4, -0.2) is 91.4 Å². The number of carbonyl (C=O) groups is 2. The van der Waals surface area contributed by atoms with Crippen molar-refractivity contribution in [2.24, 2.45) is 5.92 Å². The number of carbonyl (C=O) groups excluding carboxylic acids is 2. The SMILES string of the molecule is C[N+](C)(C)CC(=O)[O-].C[N+]1(CC2CC2)CC[C@]23c4c5ccc([O-])c4O[C@H]2C(=O)CC[C@@]3(O)[C@H]1C5. The second-order valence-electron chi connectivity index (χ2n) is 12.4. The number of likely N-dealkylation sites (N-methyl/N-ethyl adjacent to an activating group) is 2. The highest BCUT2D eigenvalue weighted by Gasteiger charge is 2.76. The van der Waals surface area contributed by atoms with Gasteiger partial charge in [0.05, 0.1) is 52.7 Å². The molecule has 8 heteroatoms. The molecule has 2 bridgehead atoms. The van der Waals surface area contributed by atoms with Gasteiger partial charge in [-0.05, 0) is 24.8 Å². The minimum Gasteiger partial charge on any atom is -0.870 e. The van der Waals surface area contributed by atoms with E-state index in [1.54, 1.807) is 27.2 Å². The third-order valence-electron chi connectivity index (χ3n) is 8.86. The Kier molecular flexibility index (Phi) is 5.14. The summed E-state index contributed by atoms with van der Waals surface area (Å²) in [5.74, 6) is 0.0204. The number of rotatable bonds is 4. The zero-order chi connectivity index (χ0) is 24.7. The van der Waals surface area contributed by atoms with Gasteiger partial charge in [-0.25, -0.2) is 0 Å². The van der Waals surface area contributed by atoms with Gasteiger partial charge >= 0.3 is 0 Å². The maximum absolute atomic E-state index is 12.8. The summed E-state index contributed by atoms with van der Waals surface area (Å²) in [6, 6.07) is 3.58. The van der Waals surface area contributed by atoms with Gasteiger partial charge in [-0.15, -0.1) is 0 Å². The second-order valence-corrected chi connectivity index (χ2v) is 12.4. The van der Waals surface area contributed by atoms with Crippen LogP contribution in [-0.2, 0) is 21.4 Å². The highest BCUT2D eigenvalue weighted by Crippen LogP contribution is 2.65. The van der Waals surface area contributed by atoms with Crippen LogP contribution >= 0.6 is 0 Å². The number of carboxylic acid groups (broad SMARTS) is 1. The Morgan fingerprint density at radius 3 is 2.56 bits per heavy atom. The predicted octanol–water partition coefficient (Wildman–Crippen LogP) is -0.519. The first-order chi connectivity index (χ1) is 15.8. The first kappa shape index (κ1) is 23.6. The fraction of sp³-hybridized carbons (Fsp3) is 0.692. The van der Waals surface area contributed by atoms with Crippen molar-refractivity contribution in [2.45, 2.75) is 61.7 Å². The number of benzene rings is 1. The molecule has 2 heterocycles. The number of quaternary nitrogens is 2. The lowest BCUT2D eigenvalue weighted by molar-refractivity contribution is -0.950. The molecule has 5 atom stereocenters. The molecule has 2 aliphatic heterocycles. The lowest BCUT2D eigenvalue weighted by Gasteiger charge is -2.64. The summed E-state index contributed by atoms with van der Waals surface area (Å²) in [7, 11) is 7.70. The minimum absolute atomic E-state index is 0.0511. The number of likely N-dealkylation sites (tertiary alicyclic amines) is 1. The van der Waals surface area contributed by atoms with Crippen LogP contribution in [0.15, 0.2) is 12.1 Å². The quantitative estimate of drug-likeness (QED) is 0.591. The Morgan fingerprint density at radius 1 is 1.26 bits per heavy atom. The van der Waals surface area contributed by atoms with E-state index in [-0.39, 0.29) is 24.1 Å². The molecule has 1 saturated heterocycles. The van der Waals surface area contributed by atoms with E-state index in [0.29, 0.717) is 23.1 Å². The average molecular weight is 473 g/mol. The van der Waals surface area contributed by atoms with Crippen molar-refractivity contribution in [2.75, 3.05) is 47.8 Å². The Labute approximate surface area is 200 Å². The topological polar surface area (TPSA) is 110 Å². The molecule has 1 spiro atoms. The smallest absolute Gasteiger partial charge is 0.174 e. The van der Waals surface area contributed by atoms with Gasteiger partial charge in [0, 0.05) is 30.7 Å². The van der Waals surface area contributed by atoms with Gasteiger partial charge in [0.2, 0.25) is 0 Å². The molecule has 0 amide bonds. The normalized spacial score (nSPS) is 37.3. The number of carboxylic acids is 1. The third kappa shape index (κ3) is 3.37. The molecule has 1 N–H and O–H groups in total. The zero-order valence-electron chi connectivity index (χ0n) is 20.6. The summed E-state index contributed by atoms with van der Waals surface area (Å²) in [6.45, 7) is 2.13. The van der Waals surface area contributed by atoms with Crippen molar-refractivity contribution < 1.29 is 38.6 Å². The van der Waals surface area contributed by atoms with Gasteiger partial charge in [-0.1, -0.05) is 17.9 Å². The fourth-order valence-electron chi connectivity index (χ4n) is 7.32. The van der Waals surface area contributed by atoms with Gasteiger partial charge in [0.25, 0.3) is 0 Å². The minimum atomic E-state index is -1.00. The first-order valence-corrected chi connectivity index (χ1v) is 12.4. The number of Topliss-reactive ketones (excluding diaryl/α,β-unsaturated/α-hetero) is 1. The van der Waals surface area contributed by atoms with Crippen molar-refractivity contribution in [3.8, 4) is 11.5 Å². The van der Waals surface area contributed by atoms with E-state index >= 15 is 0 Å². The number of ether oxygens (including phenoxy) is 1. The maximum atomic E-state index is 12.8. The monoisotopic (exact) mass is 472 g/mol. The molecule has 1 unspecified atom stereocenters. The van der Waals surface area contributed by atoms with E-state index in [9.17, 15) is 24.9 Å². The molecule has 2 saturated carbocycles. The van der Waals surface area contributed by atoms with Crippen molar-refractivity contribution >= 4 is 11.8 Å². The van der Waals surface area contributed by atoms with Crippen LogP contribution in [0.4, 0.5) is 0 Å². The van der Waals surface area contributed by atoms with Crippen LogP contribution in [0.2, 0.25) is 0 Å². The van der Waals surface area contributed by atoms with Crippen LogP contribution in [0.3, 0.4) is 0 Å². The standard InChI is InChI=1S/C21H25NO4.C5H11NO2/c1-22(11-12-2-3-12)9-8-20-17-13-4-5-14(23)18(17)26-19(20)15(24)6-7-21(20,25)16(22)10-13;1-6(2,3)4-5(7)8/h4-5,12,16,19,25H,2-3,6-11H2,1H3;4H2,1-3H3/t16-,19+,20+,21-,22?;/m1./s1. The van der Waals surface area contributed by atoms with E-state index in [1.165, 1.54) is 12.8 Å². The summed E-state index contributed by atoms with van der Waals surface area (Å²) in [5, 5.41) is 34.5. The molecule has 0 radical (unpaired) electrons. The highest BCUT2D eigenvalue weighted by molar-refractivity contribution is 5.89. The number of aliphatic carboxylic acids is 1. The summed E-state index contributed by atoms with van der Waals surface area (Å²) in [5.41, 5.74) is 0.322. The Hall–Kier alpha value is -2.16. The maximum Gasteiger partial charge on any atom is 0.174 e.